The van der Waals surface area contributed by atoms with Crippen molar-refractivity contribution in [2.45, 2.75) is 13.3 Å². The van der Waals surface area contributed by atoms with E-state index in [1.54, 1.807) is 0 Å². The molecule has 3 N–H and O–H groups in total. The Morgan fingerprint density at radius 1 is 1.36 bits per heavy atom. The molecule has 0 aliphatic carbocycles. The highest BCUT2D eigenvalue weighted by Gasteiger charge is 2.14. The number of nitrogens with one attached hydrogen (secondary N) is 1. The van der Waals surface area contributed by atoms with Gasteiger partial charge in [-0.25, -0.2) is 5.84 Å². The number of nitrogens with zero attached hydrogens (tertiary/aromatic N) is 3. The van der Waals surface area contributed by atoms with E-state index in [4.69, 9.17) is 5.84 Å². The summed E-state index contributed by atoms with van der Waals surface area (Å²) in [4.78, 5) is 8.87. The summed E-state index contributed by atoms with van der Waals surface area (Å²) in [5.41, 5.74) is 2.67. The summed E-state index contributed by atoms with van der Waals surface area (Å²) in [5.74, 6) is 6.26. The summed E-state index contributed by atoms with van der Waals surface area (Å²) in [6.45, 7) is 7.05. The second-order valence-corrected chi connectivity index (χ2v) is 3.59. The van der Waals surface area contributed by atoms with Gasteiger partial charge in [0, 0.05) is 26.2 Å². The average Bonchev–Trinajstić information content (AvgIpc) is 2.40. The standard InChI is InChI=1S/C9H21N5/c1-3-11-9(12-10)14-6-4-5-13(2)7-8-14/h3-8,10H2,1-2H3,(H,11,12). The molecule has 0 unspecified atom stereocenters. The molecule has 0 amide bonds. The highest BCUT2D eigenvalue weighted by atomic mass is 15.4. The summed E-state index contributed by atoms with van der Waals surface area (Å²) in [6.07, 6.45) is 1.17. The molecule has 0 saturated carbocycles. The number of rotatable bonds is 1. The molecule has 1 heterocycles. The first-order valence-electron chi connectivity index (χ1n) is 5.22. The normalized spacial score (nSPS) is 20.8. The van der Waals surface area contributed by atoms with Crippen LogP contribution in [0.2, 0.25) is 0 Å². The SMILES string of the molecule is CCN=C(NN)N1CCCN(C)CC1. The molecular formula is C9H21N5. The maximum absolute atomic E-state index is 5.44. The molecule has 1 aliphatic heterocycles. The second-order valence-electron chi connectivity index (χ2n) is 3.59. The topological polar surface area (TPSA) is 56.9 Å². The van der Waals surface area contributed by atoms with Crippen LogP contribution in [0, 0.1) is 0 Å². The van der Waals surface area contributed by atoms with Crippen LogP contribution in [0.3, 0.4) is 0 Å². The fourth-order valence-electron chi connectivity index (χ4n) is 1.65. The van der Waals surface area contributed by atoms with E-state index in [1.165, 1.54) is 6.42 Å². The van der Waals surface area contributed by atoms with Crippen molar-refractivity contribution in [2.24, 2.45) is 10.8 Å². The Hall–Kier alpha value is -0.810. The van der Waals surface area contributed by atoms with Crippen LogP contribution in [-0.4, -0.2) is 55.5 Å². The number of guanidine groups is 1. The summed E-state index contributed by atoms with van der Waals surface area (Å²) in [6, 6.07) is 0. The highest BCUT2D eigenvalue weighted by Crippen LogP contribution is 2.00. The van der Waals surface area contributed by atoms with E-state index < -0.39 is 0 Å². The number of hydrogen-bond acceptors (Lipinski definition) is 3. The first kappa shape index (κ1) is 11.3. The maximum atomic E-state index is 5.44. The van der Waals surface area contributed by atoms with Crippen LogP contribution in [0.25, 0.3) is 0 Å². The Kier molecular flexibility index (Phi) is 4.69. The van der Waals surface area contributed by atoms with Crippen molar-refractivity contribution in [3.8, 4) is 0 Å². The molecule has 5 nitrogen and oxygen atoms in total. The highest BCUT2D eigenvalue weighted by molar-refractivity contribution is 5.79. The molecule has 5 heteroatoms. The predicted molar refractivity (Wildman–Crippen MR) is 59.0 cm³/mol. The molecular weight excluding hydrogens is 178 g/mol. The van der Waals surface area contributed by atoms with E-state index in [1.807, 2.05) is 6.92 Å². The van der Waals surface area contributed by atoms with Gasteiger partial charge >= 0.3 is 0 Å². The van der Waals surface area contributed by atoms with Crippen LogP contribution < -0.4 is 11.3 Å². The molecule has 0 atom stereocenters. The smallest absolute Gasteiger partial charge is 0.208 e. The fourth-order valence-corrected chi connectivity index (χ4v) is 1.65. The largest absolute Gasteiger partial charge is 0.341 e. The molecule has 1 rings (SSSR count). The van der Waals surface area contributed by atoms with E-state index in [9.17, 15) is 0 Å². The number of nitrogens with two attached hydrogens (primary N) is 1. The van der Waals surface area contributed by atoms with E-state index >= 15 is 0 Å². The zero-order valence-electron chi connectivity index (χ0n) is 9.16. The lowest BCUT2D eigenvalue weighted by Gasteiger charge is -2.23. The van der Waals surface area contributed by atoms with Crippen molar-refractivity contribution >= 4 is 5.96 Å². The third kappa shape index (κ3) is 3.16. The minimum atomic E-state index is 0.770. The molecule has 1 fully saturated rings. The Balaban J connectivity index is 2.53. The van der Waals surface area contributed by atoms with Gasteiger partial charge in [-0.3, -0.25) is 10.4 Å². The molecule has 0 aromatic heterocycles. The van der Waals surface area contributed by atoms with Crippen molar-refractivity contribution < 1.29 is 0 Å². The van der Waals surface area contributed by atoms with Crippen LogP contribution in [0.15, 0.2) is 4.99 Å². The molecule has 82 valence electrons. The van der Waals surface area contributed by atoms with Crippen LogP contribution in [0.4, 0.5) is 0 Å². The molecule has 0 spiro atoms. The zero-order valence-corrected chi connectivity index (χ0v) is 9.16. The van der Waals surface area contributed by atoms with Gasteiger partial charge in [0.25, 0.3) is 0 Å². The van der Waals surface area contributed by atoms with Gasteiger partial charge in [0.2, 0.25) is 5.96 Å². The number of hydrogen-bond donors (Lipinski definition) is 2. The minimum absolute atomic E-state index is 0.770. The van der Waals surface area contributed by atoms with Gasteiger partial charge in [0.05, 0.1) is 0 Å². The molecule has 0 radical (unpaired) electrons. The minimum Gasteiger partial charge on any atom is -0.341 e. The Bertz CT molecular complexity index is 192. The first-order valence-corrected chi connectivity index (χ1v) is 5.22. The predicted octanol–water partition coefficient (Wildman–Crippen LogP) is -0.537. The van der Waals surface area contributed by atoms with Crippen molar-refractivity contribution in [1.29, 1.82) is 0 Å². The molecule has 1 saturated heterocycles. The van der Waals surface area contributed by atoms with Crippen LogP contribution in [0.1, 0.15) is 13.3 Å². The van der Waals surface area contributed by atoms with Gasteiger partial charge in [0.1, 0.15) is 0 Å². The Labute approximate surface area is 85.9 Å². The quantitative estimate of drug-likeness (QED) is 0.258. The third-order valence-electron chi connectivity index (χ3n) is 2.46. The van der Waals surface area contributed by atoms with Gasteiger partial charge in [-0.1, -0.05) is 0 Å². The lowest BCUT2D eigenvalue weighted by atomic mass is 10.4. The van der Waals surface area contributed by atoms with Crippen LogP contribution >= 0.6 is 0 Å². The van der Waals surface area contributed by atoms with Crippen molar-refractivity contribution in [1.82, 2.24) is 15.2 Å². The molecule has 0 aromatic carbocycles. The van der Waals surface area contributed by atoms with Crippen LogP contribution in [-0.2, 0) is 0 Å². The van der Waals surface area contributed by atoms with Crippen LogP contribution in [0.5, 0.6) is 0 Å². The van der Waals surface area contributed by atoms with Gasteiger partial charge < -0.3 is 9.80 Å². The van der Waals surface area contributed by atoms with Gasteiger partial charge in [-0.05, 0) is 26.9 Å². The van der Waals surface area contributed by atoms with E-state index in [-0.39, 0.29) is 0 Å². The van der Waals surface area contributed by atoms with Gasteiger partial charge in [0.15, 0.2) is 0 Å². The zero-order chi connectivity index (χ0) is 10.4. The maximum Gasteiger partial charge on any atom is 0.208 e. The Morgan fingerprint density at radius 3 is 2.79 bits per heavy atom. The second kappa shape index (κ2) is 5.82. The Morgan fingerprint density at radius 2 is 2.14 bits per heavy atom. The lowest BCUT2D eigenvalue weighted by molar-refractivity contribution is 0.344. The first-order chi connectivity index (χ1) is 6.77. The number of aliphatic imine (C=N–C) groups is 1. The van der Waals surface area contributed by atoms with Gasteiger partial charge in [-0.15, -0.1) is 0 Å². The summed E-state index contributed by atoms with van der Waals surface area (Å²) >= 11 is 0. The number of hydrazine groups is 1. The monoisotopic (exact) mass is 199 g/mol. The molecule has 14 heavy (non-hydrogen) atoms. The number of likely N-dealkylation sites (N-methyl/N-ethyl adjacent to an activating group) is 1. The molecule has 0 aromatic rings. The summed E-state index contributed by atoms with van der Waals surface area (Å²) in [5, 5.41) is 0. The summed E-state index contributed by atoms with van der Waals surface area (Å²) in [7, 11) is 2.15. The lowest BCUT2D eigenvalue weighted by Crippen LogP contribution is -2.46. The van der Waals surface area contributed by atoms with E-state index in [0.717, 1.165) is 38.7 Å². The fraction of sp³-hybridized carbons (Fsp3) is 0.889. The van der Waals surface area contributed by atoms with Crippen molar-refractivity contribution in [3.63, 3.8) is 0 Å². The average molecular weight is 199 g/mol. The molecule has 0 bridgehead atoms. The van der Waals surface area contributed by atoms with Crippen molar-refractivity contribution in [2.75, 3.05) is 39.8 Å². The van der Waals surface area contributed by atoms with E-state index in [2.05, 4.69) is 27.3 Å². The third-order valence-corrected chi connectivity index (χ3v) is 2.46. The molecule has 1 aliphatic rings. The van der Waals surface area contributed by atoms with Crippen molar-refractivity contribution in [3.05, 3.63) is 0 Å². The van der Waals surface area contributed by atoms with E-state index in [0.29, 0.717) is 0 Å². The van der Waals surface area contributed by atoms with Gasteiger partial charge in [-0.2, -0.15) is 0 Å². The summed E-state index contributed by atoms with van der Waals surface area (Å²) < 4.78 is 0.